The second-order valence-corrected chi connectivity index (χ2v) is 6.48. The molecule has 2 N–H and O–H groups in total. The number of hydrogen-bond acceptors (Lipinski definition) is 2. The molecule has 0 saturated heterocycles. The van der Waals surface area contributed by atoms with Crippen molar-refractivity contribution in [3.8, 4) is 11.5 Å². The zero-order valence-electron chi connectivity index (χ0n) is 13.8. The Hall–Kier alpha value is -1.70. The van der Waals surface area contributed by atoms with Gasteiger partial charge in [0.05, 0.1) is 0 Å². The van der Waals surface area contributed by atoms with Gasteiger partial charge in [0.15, 0.2) is 0 Å². The number of allylic oxidation sites excluding steroid dienone is 3. The number of aryl methyl sites for hydroxylation is 1. The molecule has 0 fully saturated rings. The summed E-state index contributed by atoms with van der Waals surface area (Å²) in [6.07, 6.45) is 10.5. The molecule has 0 spiro atoms. The summed E-state index contributed by atoms with van der Waals surface area (Å²) in [7, 11) is 0. The van der Waals surface area contributed by atoms with E-state index in [1.165, 1.54) is 18.4 Å². The number of phenolic OH excluding ortho intramolecular Hbond substituents is 2. The molecule has 0 heterocycles. The summed E-state index contributed by atoms with van der Waals surface area (Å²) in [6, 6.07) is 3.64. The number of hydrogen-bond donors (Lipinski definition) is 2. The molecule has 0 radical (unpaired) electrons. The Labute approximate surface area is 134 Å². The van der Waals surface area contributed by atoms with Crippen molar-refractivity contribution in [3.63, 3.8) is 0 Å². The van der Waals surface area contributed by atoms with Gasteiger partial charge >= 0.3 is 0 Å². The summed E-state index contributed by atoms with van der Waals surface area (Å²) in [6.45, 7) is 8.20. The van der Waals surface area contributed by atoms with Gasteiger partial charge in [-0.25, -0.2) is 0 Å². The molecule has 1 aliphatic carbocycles. The number of rotatable bonds is 6. The van der Waals surface area contributed by atoms with E-state index in [1.807, 2.05) is 18.2 Å². The highest BCUT2D eigenvalue weighted by Crippen LogP contribution is 2.44. The molecule has 2 nitrogen and oxygen atoms in total. The van der Waals surface area contributed by atoms with Crippen LogP contribution in [0.15, 0.2) is 36.4 Å². The average Bonchev–Trinajstić information content (AvgIpc) is 2.47. The fraction of sp³-hybridized carbons (Fsp3) is 0.500. The lowest BCUT2D eigenvalue weighted by atomic mass is 9.76. The van der Waals surface area contributed by atoms with Crippen molar-refractivity contribution in [2.45, 2.75) is 58.3 Å². The van der Waals surface area contributed by atoms with Crippen molar-refractivity contribution in [2.24, 2.45) is 5.92 Å². The van der Waals surface area contributed by atoms with Crippen LogP contribution in [0.25, 0.3) is 0 Å². The van der Waals surface area contributed by atoms with Crippen LogP contribution in [0.4, 0.5) is 0 Å². The molecular formula is C20H28O2. The first-order valence-corrected chi connectivity index (χ1v) is 8.41. The topological polar surface area (TPSA) is 40.5 Å². The molecule has 2 rings (SSSR count). The molecule has 1 aliphatic rings. The van der Waals surface area contributed by atoms with Crippen molar-refractivity contribution in [3.05, 3.63) is 47.6 Å². The van der Waals surface area contributed by atoms with Crippen LogP contribution in [0.5, 0.6) is 11.5 Å². The smallest absolute Gasteiger partial charge is 0.123 e. The molecular weight excluding hydrogens is 272 g/mol. The summed E-state index contributed by atoms with van der Waals surface area (Å²) in [5.41, 5.74) is 2.98. The van der Waals surface area contributed by atoms with Crippen LogP contribution < -0.4 is 0 Å². The van der Waals surface area contributed by atoms with Gasteiger partial charge in [0.1, 0.15) is 11.5 Å². The van der Waals surface area contributed by atoms with Crippen molar-refractivity contribution in [1.82, 2.24) is 0 Å². The van der Waals surface area contributed by atoms with Gasteiger partial charge < -0.3 is 10.2 Å². The first-order chi connectivity index (χ1) is 10.6. The third-order valence-corrected chi connectivity index (χ3v) is 4.70. The second-order valence-electron chi connectivity index (χ2n) is 6.48. The average molecular weight is 300 g/mol. The van der Waals surface area contributed by atoms with Crippen LogP contribution in [0.1, 0.15) is 63.0 Å². The van der Waals surface area contributed by atoms with Gasteiger partial charge in [0.25, 0.3) is 0 Å². The highest BCUT2D eigenvalue weighted by molar-refractivity contribution is 5.51. The summed E-state index contributed by atoms with van der Waals surface area (Å²) in [5, 5.41) is 20.9. The molecule has 120 valence electrons. The van der Waals surface area contributed by atoms with Gasteiger partial charge in [-0.2, -0.15) is 0 Å². The number of phenols is 2. The SMILES string of the molecule is C=C[C@@H]1CCC(C)=CC1c1c(O)cc(CCCCC)cc1O. The van der Waals surface area contributed by atoms with E-state index >= 15 is 0 Å². The third-order valence-electron chi connectivity index (χ3n) is 4.70. The normalized spacial score (nSPS) is 21.5. The van der Waals surface area contributed by atoms with Gasteiger partial charge in [0, 0.05) is 11.5 Å². The molecule has 2 heteroatoms. The first-order valence-electron chi connectivity index (χ1n) is 8.41. The zero-order chi connectivity index (χ0) is 16.1. The molecule has 2 atom stereocenters. The summed E-state index contributed by atoms with van der Waals surface area (Å²) in [5.74, 6) is 0.728. The highest BCUT2D eigenvalue weighted by Gasteiger charge is 2.27. The highest BCUT2D eigenvalue weighted by atomic mass is 16.3. The lowest BCUT2D eigenvalue weighted by Gasteiger charge is -2.28. The molecule has 0 aliphatic heterocycles. The monoisotopic (exact) mass is 300 g/mol. The van der Waals surface area contributed by atoms with Crippen LogP contribution in [-0.4, -0.2) is 10.2 Å². The van der Waals surface area contributed by atoms with Gasteiger partial charge in [-0.3, -0.25) is 0 Å². The van der Waals surface area contributed by atoms with E-state index in [1.54, 1.807) is 0 Å². The maximum Gasteiger partial charge on any atom is 0.123 e. The minimum Gasteiger partial charge on any atom is -0.507 e. The maximum atomic E-state index is 10.5. The minimum absolute atomic E-state index is 0.0240. The molecule has 0 amide bonds. The summed E-state index contributed by atoms with van der Waals surface area (Å²) < 4.78 is 0. The quantitative estimate of drug-likeness (QED) is 0.541. The largest absolute Gasteiger partial charge is 0.507 e. The molecule has 1 unspecified atom stereocenters. The van der Waals surface area contributed by atoms with Crippen molar-refractivity contribution in [1.29, 1.82) is 0 Å². The minimum atomic E-state index is 0.0240. The van der Waals surface area contributed by atoms with E-state index < -0.39 is 0 Å². The Kier molecular flexibility index (Phi) is 5.70. The van der Waals surface area contributed by atoms with Crippen molar-refractivity contribution >= 4 is 0 Å². The van der Waals surface area contributed by atoms with E-state index in [9.17, 15) is 10.2 Å². The lowest BCUT2D eigenvalue weighted by molar-refractivity contribution is 0.411. The zero-order valence-corrected chi connectivity index (χ0v) is 13.8. The standard InChI is InChI=1S/C20H28O2/c1-4-6-7-8-15-12-18(21)20(19(22)13-15)17-11-14(3)9-10-16(17)5-2/h5,11-13,16-17,21-22H,2,4,6-10H2,1,3H3/t16-,17?/m1/s1. The predicted molar refractivity (Wildman–Crippen MR) is 92.4 cm³/mol. The van der Waals surface area contributed by atoms with Crippen LogP contribution in [0.2, 0.25) is 0 Å². The van der Waals surface area contributed by atoms with Crippen LogP contribution in [0, 0.1) is 5.92 Å². The molecule has 0 bridgehead atoms. The van der Waals surface area contributed by atoms with Crippen LogP contribution in [-0.2, 0) is 6.42 Å². The van der Waals surface area contributed by atoms with Gasteiger partial charge in [-0.15, -0.1) is 6.58 Å². The molecule has 0 aromatic heterocycles. The first kappa shape index (κ1) is 16.7. The number of benzene rings is 1. The van der Waals surface area contributed by atoms with E-state index in [0.717, 1.165) is 31.2 Å². The van der Waals surface area contributed by atoms with Gasteiger partial charge in [-0.05, 0) is 56.2 Å². The molecule has 1 aromatic rings. The van der Waals surface area contributed by atoms with Gasteiger partial charge in [0.2, 0.25) is 0 Å². The number of aromatic hydroxyl groups is 2. The van der Waals surface area contributed by atoms with Crippen LogP contribution in [0.3, 0.4) is 0 Å². The third kappa shape index (κ3) is 3.73. The van der Waals surface area contributed by atoms with Crippen molar-refractivity contribution < 1.29 is 10.2 Å². The molecule has 22 heavy (non-hydrogen) atoms. The van der Waals surface area contributed by atoms with E-state index in [2.05, 4.69) is 26.5 Å². The Morgan fingerprint density at radius 3 is 2.50 bits per heavy atom. The maximum absolute atomic E-state index is 10.5. The Balaban J connectivity index is 2.30. The summed E-state index contributed by atoms with van der Waals surface area (Å²) >= 11 is 0. The predicted octanol–water partition coefficient (Wildman–Crippen LogP) is 5.46. The molecule has 0 saturated carbocycles. The Bertz CT molecular complexity index is 534. The lowest BCUT2D eigenvalue weighted by Crippen LogP contribution is -2.14. The van der Waals surface area contributed by atoms with Crippen LogP contribution >= 0.6 is 0 Å². The summed E-state index contributed by atoms with van der Waals surface area (Å²) in [4.78, 5) is 0. The fourth-order valence-corrected chi connectivity index (χ4v) is 3.39. The van der Waals surface area contributed by atoms with Gasteiger partial charge in [-0.1, -0.05) is 37.5 Å². The molecule has 1 aromatic carbocycles. The Morgan fingerprint density at radius 2 is 1.91 bits per heavy atom. The van der Waals surface area contributed by atoms with Crippen molar-refractivity contribution in [2.75, 3.05) is 0 Å². The van der Waals surface area contributed by atoms with E-state index in [-0.39, 0.29) is 23.3 Å². The fourth-order valence-electron chi connectivity index (χ4n) is 3.39. The number of unbranched alkanes of at least 4 members (excludes halogenated alkanes) is 2. The van der Waals surface area contributed by atoms with E-state index in [0.29, 0.717) is 5.56 Å². The van der Waals surface area contributed by atoms with E-state index in [4.69, 9.17) is 0 Å². The second kappa shape index (κ2) is 7.53. The Morgan fingerprint density at radius 1 is 1.23 bits per heavy atom.